The van der Waals surface area contributed by atoms with Crippen molar-refractivity contribution in [2.45, 2.75) is 6.04 Å². The molecule has 2 aromatic rings. The molecule has 0 aliphatic carbocycles. The van der Waals surface area contributed by atoms with Crippen LogP contribution in [0.15, 0.2) is 42.5 Å². The van der Waals surface area contributed by atoms with Gasteiger partial charge < -0.3 is 20.1 Å². The number of nitrogens with zero attached hydrogens (tertiary/aromatic N) is 1. The van der Waals surface area contributed by atoms with Crippen LogP contribution in [0.2, 0.25) is 10.0 Å². The summed E-state index contributed by atoms with van der Waals surface area (Å²) in [4.78, 5) is 2.30. The van der Waals surface area contributed by atoms with Gasteiger partial charge in [-0.2, -0.15) is 0 Å². The summed E-state index contributed by atoms with van der Waals surface area (Å²) in [6.07, 6.45) is 0. The Morgan fingerprint density at radius 2 is 1.96 bits per heavy atom. The van der Waals surface area contributed by atoms with Gasteiger partial charge in [0.1, 0.15) is 12.4 Å². The highest BCUT2D eigenvalue weighted by Crippen LogP contribution is 2.36. The Labute approximate surface area is 151 Å². The lowest BCUT2D eigenvalue weighted by Gasteiger charge is -2.39. The molecule has 1 aliphatic heterocycles. The number of piperazine rings is 1. The predicted octanol–water partition coefficient (Wildman–Crippen LogP) is 3.52. The van der Waals surface area contributed by atoms with Gasteiger partial charge in [0.2, 0.25) is 0 Å². The molecule has 1 saturated heterocycles. The number of benzene rings is 2. The van der Waals surface area contributed by atoms with Gasteiger partial charge in [0, 0.05) is 30.7 Å². The molecule has 0 saturated carbocycles. The van der Waals surface area contributed by atoms with Crippen molar-refractivity contribution in [3.05, 3.63) is 58.1 Å². The highest BCUT2D eigenvalue weighted by molar-refractivity contribution is 6.33. The molecule has 0 aromatic heterocycles. The van der Waals surface area contributed by atoms with Crippen LogP contribution in [0.3, 0.4) is 0 Å². The van der Waals surface area contributed by atoms with E-state index in [2.05, 4.69) is 22.3 Å². The van der Waals surface area contributed by atoms with Crippen LogP contribution >= 0.6 is 23.2 Å². The van der Waals surface area contributed by atoms with Crippen molar-refractivity contribution in [1.29, 1.82) is 0 Å². The van der Waals surface area contributed by atoms with Gasteiger partial charge in [-0.25, -0.2) is 0 Å². The van der Waals surface area contributed by atoms with Gasteiger partial charge in [-0.3, -0.25) is 0 Å². The lowest BCUT2D eigenvalue weighted by Crippen LogP contribution is -2.46. The molecule has 3 rings (SSSR count). The highest BCUT2D eigenvalue weighted by atomic mass is 35.5. The van der Waals surface area contributed by atoms with E-state index in [9.17, 15) is 0 Å². The molecule has 1 fully saturated rings. The summed E-state index contributed by atoms with van der Waals surface area (Å²) in [6, 6.07) is 13.8. The van der Waals surface area contributed by atoms with Gasteiger partial charge in [0.05, 0.1) is 23.4 Å². The first-order valence-corrected chi connectivity index (χ1v) is 8.70. The number of hydrogen-bond donors (Lipinski definition) is 2. The highest BCUT2D eigenvalue weighted by Gasteiger charge is 2.25. The van der Waals surface area contributed by atoms with E-state index < -0.39 is 0 Å². The van der Waals surface area contributed by atoms with Crippen LogP contribution in [0.25, 0.3) is 0 Å². The molecule has 0 radical (unpaired) electrons. The third kappa shape index (κ3) is 3.95. The number of rotatable bonds is 5. The van der Waals surface area contributed by atoms with Gasteiger partial charge in [-0.1, -0.05) is 35.3 Å². The minimum absolute atomic E-state index is 0.0180. The van der Waals surface area contributed by atoms with Gasteiger partial charge in [0.15, 0.2) is 0 Å². The lowest BCUT2D eigenvalue weighted by molar-refractivity contribution is 0.201. The van der Waals surface area contributed by atoms with E-state index in [1.807, 2.05) is 24.3 Å². The van der Waals surface area contributed by atoms with Gasteiger partial charge in [-0.15, -0.1) is 0 Å². The lowest BCUT2D eigenvalue weighted by atomic mass is 10.0. The minimum Gasteiger partial charge on any atom is -0.491 e. The molecule has 128 valence electrons. The van der Waals surface area contributed by atoms with E-state index in [0.29, 0.717) is 10.8 Å². The number of aliphatic hydroxyl groups is 1. The summed E-state index contributed by atoms with van der Waals surface area (Å²) in [5, 5.41) is 13.7. The Kier molecular flexibility index (Phi) is 5.85. The molecule has 1 aliphatic rings. The summed E-state index contributed by atoms with van der Waals surface area (Å²) >= 11 is 12.5. The Hall–Kier alpha value is -1.46. The monoisotopic (exact) mass is 366 g/mol. The van der Waals surface area contributed by atoms with Crippen molar-refractivity contribution in [1.82, 2.24) is 5.32 Å². The van der Waals surface area contributed by atoms with Crippen molar-refractivity contribution in [2.24, 2.45) is 0 Å². The Bertz CT molecular complexity index is 679. The van der Waals surface area contributed by atoms with E-state index in [1.54, 1.807) is 6.07 Å². The molecular weight excluding hydrogens is 347 g/mol. The zero-order chi connectivity index (χ0) is 16.9. The smallest absolute Gasteiger partial charge is 0.121 e. The van der Waals surface area contributed by atoms with E-state index >= 15 is 0 Å². The van der Waals surface area contributed by atoms with Crippen molar-refractivity contribution >= 4 is 28.9 Å². The van der Waals surface area contributed by atoms with E-state index in [-0.39, 0.29) is 19.3 Å². The number of ether oxygens (including phenoxy) is 1. The summed E-state index contributed by atoms with van der Waals surface area (Å²) in [7, 11) is 0. The quantitative estimate of drug-likeness (QED) is 0.849. The van der Waals surface area contributed by atoms with Crippen LogP contribution in [0, 0.1) is 0 Å². The first-order chi connectivity index (χ1) is 11.7. The minimum atomic E-state index is -0.0180. The molecule has 1 atom stereocenters. The van der Waals surface area contributed by atoms with Gasteiger partial charge >= 0.3 is 0 Å². The number of nitrogens with one attached hydrogen (secondary N) is 1. The van der Waals surface area contributed by atoms with Crippen LogP contribution in [0.1, 0.15) is 11.6 Å². The molecule has 2 aromatic carbocycles. The first-order valence-electron chi connectivity index (χ1n) is 7.95. The largest absolute Gasteiger partial charge is 0.491 e. The molecular formula is C18H20Cl2N2O2. The molecule has 4 nitrogen and oxygen atoms in total. The zero-order valence-corrected chi connectivity index (χ0v) is 14.7. The Morgan fingerprint density at radius 1 is 1.17 bits per heavy atom. The average molecular weight is 367 g/mol. The SMILES string of the molecule is OCCOc1ccc(N2CCNC[C@H]2c2ccc(Cl)cc2)c(Cl)c1. The maximum absolute atomic E-state index is 8.85. The third-order valence-corrected chi connectivity index (χ3v) is 4.64. The van der Waals surface area contributed by atoms with Gasteiger partial charge in [0.25, 0.3) is 0 Å². The maximum Gasteiger partial charge on any atom is 0.121 e. The van der Waals surface area contributed by atoms with Crippen LogP contribution < -0.4 is 15.0 Å². The Morgan fingerprint density at radius 3 is 2.67 bits per heavy atom. The first kappa shape index (κ1) is 17.4. The summed E-state index contributed by atoms with van der Waals surface area (Å²) in [5.41, 5.74) is 2.18. The predicted molar refractivity (Wildman–Crippen MR) is 98.4 cm³/mol. The maximum atomic E-state index is 8.85. The van der Waals surface area contributed by atoms with E-state index in [4.69, 9.17) is 33.0 Å². The molecule has 2 N–H and O–H groups in total. The average Bonchev–Trinajstić information content (AvgIpc) is 2.61. The summed E-state index contributed by atoms with van der Waals surface area (Å²) in [5.74, 6) is 0.663. The molecule has 0 bridgehead atoms. The van der Waals surface area contributed by atoms with Crippen molar-refractivity contribution in [3.8, 4) is 5.75 Å². The molecule has 1 heterocycles. The number of aliphatic hydroxyl groups excluding tert-OH is 1. The second-order valence-corrected chi connectivity index (χ2v) is 6.49. The molecule has 24 heavy (non-hydrogen) atoms. The molecule has 6 heteroatoms. The van der Waals surface area contributed by atoms with Crippen LogP contribution in [0.5, 0.6) is 5.75 Å². The van der Waals surface area contributed by atoms with Crippen LogP contribution in [-0.2, 0) is 0 Å². The standard InChI is InChI=1S/C18H20Cl2N2O2/c19-14-3-1-13(2-4-14)18-12-21-7-8-22(18)17-6-5-15(11-16(17)20)24-10-9-23/h1-6,11,18,21,23H,7-10,12H2/t18-/m0/s1. The molecule has 0 amide bonds. The number of anilines is 1. The number of halogens is 2. The third-order valence-electron chi connectivity index (χ3n) is 4.09. The Balaban J connectivity index is 1.86. The topological polar surface area (TPSA) is 44.7 Å². The fourth-order valence-corrected chi connectivity index (χ4v) is 3.35. The normalized spacial score (nSPS) is 17.8. The zero-order valence-electron chi connectivity index (χ0n) is 13.2. The van der Waals surface area contributed by atoms with Gasteiger partial charge in [-0.05, 0) is 29.8 Å². The van der Waals surface area contributed by atoms with Crippen molar-refractivity contribution in [3.63, 3.8) is 0 Å². The second-order valence-electron chi connectivity index (χ2n) is 5.65. The van der Waals surface area contributed by atoms with Crippen LogP contribution in [-0.4, -0.2) is 38.0 Å². The van der Waals surface area contributed by atoms with E-state index in [0.717, 1.165) is 30.3 Å². The van der Waals surface area contributed by atoms with E-state index in [1.165, 1.54) is 5.56 Å². The summed E-state index contributed by atoms with van der Waals surface area (Å²) < 4.78 is 5.42. The fourth-order valence-electron chi connectivity index (χ4n) is 2.95. The fraction of sp³-hybridized carbons (Fsp3) is 0.333. The second kappa shape index (κ2) is 8.08. The van der Waals surface area contributed by atoms with Crippen molar-refractivity contribution in [2.75, 3.05) is 37.7 Å². The van der Waals surface area contributed by atoms with Crippen molar-refractivity contribution < 1.29 is 9.84 Å². The number of hydrogen-bond acceptors (Lipinski definition) is 4. The summed E-state index contributed by atoms with van der Waals surface area (Å²) in [6.45, 7) is 2.86. The van der Waals surface area contributed by atoms with Crippen LogP contribution in [0.4, 0.5) is 5.69 Å². The molecule has 0 spiro atoms. The molecule has 0 unspecified atom stereocenters.